The summed E-state index contributed by atoms with van der Waals surface area (Å²) in [6.45, 7) is 4.49. The Morgan fingerprint density at radius 1 is 0.692 bits per heavy atom. The van der Waals surface area contributed by atoms with Gasteiger partial charge in [0.25, 0.3) is 0 Å². The van der Waals surface area contributed by atoms with E-state index in [-0.39, 0.29) is 19.6 Å². The molecule has 0 heterocycles. The second-order valence-electron chi connectivity index (χ2n) is 11.9. The zero-order valence-corrected chi connectivity index (χ0v) is 27.4. The van der Waals surface area contributed by atoms with Crippen molar-refractivity contribution in [3.63, 3.8) is 0 Å². The Morgan fingerprint density at radius 3 is 1.26 bits per heavy atom. The zero-order chi connectivity index (χ0) is 31.2. The zero-order valence-electron chi connectivity index (χ0n) is 26.6. The van der Waals surface area contributed by atoms with Crippen LogP contribution in [0.1, 0.15) is 96.8 Å². The highest BCUT2D eigenvalue weighted by Gasteiger charge is 2.02. The smallest absolute Gasteiger partial charge is 0.101 e. The largest absolute Gasteiger partial charge is 0.748 e. The number of aliphatic carboxylic acids is 1. The number of quaternary nitrogens is 2. The van der Waals surface area contributed by atoms with Crippen molar-refractivity contribution in [3.8, 4) is 0 Å². The number of rotatable bonds is 19. The number of carboxylic acid groups (broad SMARTS) is 1. The van der Waals surface area contributed by atoms with Crippen LogP contribution in [0.2, 0.25) is 0 Å². The normalized spacial score (nSPS) is 11.6. The van der Waals surface area contributed by atoms with Crippen LogP contribution in [0.3, 0.4) is 0 Å². The number of allylic oxidation sites excluding steroid dienone is 2. The third-order valence-electron chi connectivity index (χ3n) is 5.18. The summed E-state index contributed by atoms with van der Waals surface area (Å²) in [4.78, 5) is 10.2. The molecule has 10 heteroatoms. The first kappa shape index (κ1) is 45.0. The number of carboxylic acids is 1. The summed E-state index contributed by atoms with van der Waals surface area (Å²) in [6, 6.07) is 0. The molecular formula is C29H64N2O7S. The molecule has 0 fully saturated rings. The molecule has 0 spiro atoms. The number of likely N-dealkylation sites (N-methyl/N-ethyl adjacent to an activating group) is 2. The van der Waals surface area contributed by atoms with Crippen molar-refractivity contribution in [2.24, 2.45) is 0 Å². The molecule has 0 aliphatic carbocycles. The summed E-state index contributed by atoms with van der Waals surface area (Å²) in [6.07, 6.45) is 21.5. The van der Waals surface area contributed by atoms with E-state index in [2.05, 4.69) is 61.4 Å². The molecular weight excluding hydrogens is 520 g/mol. The fourth-order valence-electron chi connectivity index (χ4n) is 2.94. The summed E-state index contributed by atoms with van der Waals surface area (Å²) in [5, 5.41) is 27.0. The highest BCUT2D eigenvalue weighted by atomic mass is 32.2. The van der Waals surface area contributed by atoms with E-state index in [4.69, 9.17) is 23.2 Å². The van der Waals surface area contributed by atoms with Gasteiger partial charge in [-0.15, -0.1) is 0 Å². The first-order valence-electron chi connectivity index (χ1n) is 14.5. The fraction of sp³-hybridized carbons (Fsp3) is 0.897. The van der Waals surface area contributed by atoms with Gasteiger partial charge in [-0.3, -0.25) is 0 Å². The molecule has 0 saturated carbocycles. The summed E-state index contributed by atoms with van der Waals surface area (Å²) < 4.78 is 28.9. The molecule has 2 N–H and O–H groups in total. The number of nitrogens with zero attached hydrogens (tertiary/aromatic N) is 2. The maximum atomic E-state index is 10.2. The van der Waals surface area contributed by atoms with Crippen LogP contribution in [-0.2, 0) is 14.9 Å². The van der Waals surface area contributed by atoms with E-state index in [1.165, 1.54) is 64.2 Å². The molecule has 0 aromatic heterocycles. The Balaban J connectivity index is -0.000000261. The lowest BCUT2D eigenvalue weighted by Crippen LogP contribution is -2.36. The molecule has 0 aromatic carbocycles. The number of aliphatic hydroxyl groups excluding tert-OH is 2. The summed E-state index contributed by atoms with van der Waals surface area (Å²) >= 11 is 0. The van der Waals surface area contributed by atoms with Gasteiger partial charge in [-0.05, 0) is 38.5 Å². The second kappa shape index (κ2) is 29.9. The number of carbonyl (C=O) groups excluding carboxylic acids is 1. The third kappa shape index (κ3) is 78.7. The quantitative estimate of drug-likeness (QED) is 0.103. The topological polar surface area (TPSA) is 138 Å². The van der Waals surface area contributed by atoms with Crippen molar-refractivity contribution >= 4 is 16.1 Å². The maximum absolute atomic E-state index is 10.2. The summed E-state index contributed by atoms with van der Waals surface area (Å²) in [5.74, 6) is -0.914. The standard InChI is InChI=1S/C18H34O2.2C5H14NO.CH4O3S/c1-2-3-4-5-6-7-8-9-10-11-12-13-14-15-16-17-18(19)20;2*1-6(2,3)4-5-7;1-5(2,3)4/h9-10H,2-8,11-17H2,1H3,(H,19,20);2*7H,4-5H2,1-3H3;1H3,(H,2,3,4)/q;2*+1;/p-2/b10-9-;;;. The van der Waals surface area contributed by atoms with E-state index < -0.39 is 16.1 Å². The van der Waals surface area contributed by atoms with Gasteiger partial charge >= 0.3 is 0 Å². The lowest BCUT2D eigenvalue weighted by Gasteiger charge is -2.21. The van der Waals surface area contributed by atoms with Gasteiger partial charge in [-0.2, -0.15) is 0 Å². The lowest BCUT2D eigenvalue weighted by atomic mass is 10.1. The lowest BCUT2D eigenvalue weighted by molar-refractivity contribution is -0.870. The Morgan fingerprint density at radius 2 is 1.00 bits per heavy atom. The predicted molar refractivity (Wildman–Crippen MR) is 160 cm³/mol. The highest BCUT2D eigenvalue weighted by molar-refractivity contribution is 7.84. The monoisotopic (exact) mass is 584 g/mol. The van der Waals surface area contributed by atoms with Gasteiger partial charge in [0.05, 0.1) is 65.6 Å². The van der Waals surface area contributed by atoms with Crippen LogP contribution in [0.4, 0.5) is 0 Å². The highest BCUT2D eigenvalue weighted by Crippen LogP contribution is 2.09. The molecule has 39 heavy (non-hydrogen) atoms. The first-order valence-corrected chi connectivity index (χ1v) is 16.3. The maximum Gasteiger partial charge on any atom is 0.101 e. The van der Waals surface area contributed by atoms with Gasteiger partial charge < -0.3 is 33.6 Å². The number of aliphatic hydroxyl groups is 2. The molecule has 0 aromatic rings. The second-order valence-corrected chi connectivity index (χ2v) is 13.3. The van der Waals surface area contributed by atoms with Crippen molar-refractivity contribution < 1.29 is 42.1 Å². The Kier molecular flexibility index (Phi) is 34.5. The SMILES string of the molecule is CCCCCCCC/C=C\CCCCCCCC(=O)[O-].CS(=O)(=O)[O-].C[N+](C)(C)CCO.C[N+](C)(C)CCO. The Labute approximate surface area is 241 Å². The van der Waals surface area contributed by atoms with Crippen LogP contribution >= 0.6 is 0 Å². The minimum absolute atomic E-state index is 0.220. The van der Waals surface area contributed by atoms with Crippen LogP contribution in [0.15, 0.2) is 12.2 Å². The Hall–Kier alpha value is -1.04. The van der Waals surface area contributed by atoms with Gasteiger partial charge in [0.15, 0.2) is 0 Å². The van der Waals surface area contributed by atoms with Gasteiger partial charge in [-0.25, -0.2) is 8.42 Å². The van der Waals surface area contributed by atoms with Crippen LogP contribution < -0.4 is 5.11 Å². The molecule has 0 aliphatic rings. The molecule has 0 rings (SSSR count). The molecule has 9 nitrogen and oxygen atoms in total. The number of hydrogen-bond donors (Lipinski definition) is 2. The van der Waals surface area contributed by atoms with Gasteiger partial charge in [0.1, 0.15) is 13.1 Å². The molecule has 0 amide bonds. The van der Waals surface area contributed by atoms with E-state index in [0.717, 1.165) is 41.3 Å². The van der Waals surface area contributed by atoms with E-state index in [9.17, 15) is 9.90 Å². The molecule has 0 aliphatic heterocycles. The van der Waals surface area contributed by atoms with Gasteiger partial charge in [-0.1, -0.05) is 70.4 Å². The van der Waals surface area contributed by atoms with Crippen molar-refractivity contribution in [2.45, 2.75) is 96.8 Å². The minimum Gasteiger partial charge on any atom is -0.748 e. The first-order chi connectivity index (χ1) is 17.9. The average molecular weight is 585 g/mol. The van der Waals surface area contributed by atoms with E-state index >= 15 is 0 Å². The van der Waals surface area contributed by atoms with E-state index in [1.54, 1.807) is 0 Å². The van der Waals surface area contributed by atoms with Gasteiger partial charge in [0.2, 0.25) is 0 Å². The number of unbranched alkanes of at least 4 members (excludes halogenated alkanes) is 11. The fourth-order valence-corrected chi connectivity index (χ4v) is 2.94. The number of hydrogen-bond acceptors (Lipinski definition) is 7. The van der Waals surface area contributed by atoms with Crippen molar-refractivity contribution in [3.05, 3.63) is 12.2 Å². The predicted octanol–water partition coefficient (Wildman–Crippen LogP) is 3.31. The molecule has 238 valence electrons. The van der Waals surface area contributed by atoms with Crippen molar-refractivity contribution in [1.82, 2.24) is 0 Å². The van der Waals surface area contributed by atoms with Crippen LogP contribution in [0.25, 0.3) is 0 Å². The summed E-state index contributed by atoms with van der Waals surface area (Å²) in [7, 11) is 8.39. The van der Waals surface area contributed by atoms with Crippen LogP contribution in [0.5, 0.6) is 0 Å². The van der Waals surface area contributed by atoms with Crippen molar-refractivity contribution in [1.29, 1.82) is 0 Å². The molecule has 0 saturated heterocycles. The minimum atomic E-state index is -3.92. The molecule has 0 unspecified atom stereocenters. The molecule has 0 radical (unpaired) electrons. The van der Waals surface area contributed by atoms with Crippen molar-refractivity contribution in [2.75, 3.05) is 74.8 Å². The summed E-state index contributed by atoms with van der Waals surface area (Å²) in [5.41, 5.74) is 0. The van der Waals surface area contributed by atoms with E-state index in [0.29, 0.717) is 6.26 Å². The van der Waals surface area contributed by atoms with Crippen LogP contribution in [-0.4, -0.2) is 113 Å². The van der Waals surface area contributed by atoms with E-state index in [1.807, 2.05) is 0 Å². The third-order valence-corrected chi connectivity index (χ3v) is 5.18. The number of carbonyl (C=O) groups is 1. The van der Waals surface area contributed by atoms with Crippen LogP contribution in [0, 0.1) is 0 Å². The van der Waals surface area contributed by atoms with Gasteiger partial charge in [0, 0.05) is 12.2 Å². The molecule has 0 atom stereocenters. The Bertz CT molecular complexity index is 617. The molecule has 0 bridgehead atoms. The average Bonchev–Trinajstić information content (AvgIpc) is 2.74.